The third kappa shape index (κ3) is 5.02. The van der Waals surface area contributed by atoms with Gasteiger partial charge in [-0.1, -0.05) is 12.1 Å². The molecule has 2 N–H and O–H groups in total. The summed E-state index contributed by atoms with van der Waals surface area (Å²) in [7, 11) is 0. The number of aryl methyl sites for hydroxylation is 1. The number of amides is 1. The minimum atomic E-state index is -0.361. The number of unbranched alkanes of at least 4 members (excludes halogenated alkanes) is 1. The van der Waals surface area contributed by atoms with Crippen molar-refractivity contribution in [1.29, 1.82) is 0 Å². The third-order valence-corrected chi connectivity index (χ3v) is 5.37. The zero-order valence-corrected chi connectivity index (χ0v) is 16.4. The standard InChI is InChI=1S/C23H26FN3O2/c24-18-7-8-20-21(23(28)26-22(20)15-18)16-25-19-6-3-5-17(14-19)4-1-2-9-27-10-12-29-13-11-27/h3,5-8,14-16,25H,1-2,4,9-13H2,(H,26,28). The van der Waals surface area contributed by atoms with Crippen molar-refractivity contribution in [2.75, 3.05) is 43.5 Å². The summed E-state index contributed by atoms with van der Waals surface area (Å²) in [4.78, 5) is 14.6. The number of nitrogens with one attached hydrogen (secondary N) is 2. The van der Waals surface area contributed by atoms with Gasteiger partial charge in [0.25, 0.3) is 5.91 Å². The van der Waals surface area contributed by atoms with Gasteiger partial charge in [0.1, 0.15) is 5.82 Å². The molecule has 0 spiro atoms. The monoisotopic (exact) mass is 395 g/mol. The Morgan fingerprint density at radius 3 is 2.86 bits per heavy atom. The number of rotatable bonds is 7. The molecule has 0 unspecified atom stereocenters. The number of benzene rings is 2. The maximum absolute atomic E-state index is 13.3. The predicted octanol–water partition coefficient (Wildman–Crippen LogP) is 3.89. The van der Waals surface area contributed by atoms with Crippen molar-refractivity contribution in [3.8, 4) is 0 Å². The molecule has 5 nitrogen and oxygen atoms in total. The minimum Gasteiger partial charge on any atom is -0.379 e. The minimum absolute atomic E-state index is 0.225. The molecule has 1 amide bonds. The van der Waals surface area contributed by atoms with Crippen LogP contribution in [-0.2, 0) is 16.0 Å². The molecule has 2 heterocycles. The summed E-state index contributed by atoms with van der Waals surface area (Å²) < 4.78 is 18.7. The summed E-state index contributed by atoms with van der Waals surface area (Å²) in [6, 6.07) is 12.6. The van der Waals surface area contributed by atoms with Crippen LogP contribution in [0.3, 0.4) is 0 Å². The van der Waals surface area contributed by atoms with E-state index >= 15 is 0 Å². The predicted molar refractivity (Wildman–Crippen MR) is 113 cm³/mol. The van der Waals surface area contributed by atoms with E-state index < -0.39 is 0 Å². The number of hydrogen-bond acceptors (Lipinski definition) is 4. The van der Waals surface area contributed by atoms with Gasteiger partial charge >= 0.3 is 0 Å². The van der Waals surface area contributed by atoms with Gasteiger partial charge in [-0.3, -0.25) is 9.69 Å². The molecule has 0 atom stereocenters. The number of nitrogens with zero attached hydrogens (tertiary/aromatic N) is 1. The molecular formula is C23H26FN3O2. The highest BCUT2D eigenvalue weighted by Gasteiger charge is 2.24. The van der Waals surface area contributed by atoms with E-state index in [4.69, 9.17) is 4.74 Å². The highest BCUT2D eigenvalue weighted by molar-refractivity contribution is 6.31. The van der Waals surface area contributed by atoms with Crippen molar-refractivity contribution in [1.82, 2.24) is 4.90 Å². The van der Waals surface area contributed by atoms with Gasteiger partial charge in [-0.25, -0.2) is 4.39 Å². The van der Waals surface area contributed by atoms with Crippen LogP contribution in [0.25, 0.3) is 5.57 Å². The first-order valence-corrected chi connectivity index (χ1v) is 10.2. The number of halogens is 1. The molecule has 2 aliphatic rings. The van der Waals surface area contributed by atoms with E-state index in [-0.39, 0.29) is 11.7 Å². The normalized spacial score (nSPS) is 18.0. The van der Waals surface area contributed by atoms with Gasteiger partial charge in [0.05, 0.1) is 24.5 Å². The topological polar surface area (TPSA) is 53.6 Å². The number of ether oxygens (including phenoxy) is 1. The van der Waals surface area contributed by atoms with Gasteiger partial charge in [-0.05, 0) is 61.7 Å². The van der Waals surface area contributed by atoms with Crippen LogP contribution in [0.4, 0.5) is 15.8 Å². The van der Waals surface area contributed by atoms with Crippen molar-refractivity contribution in [3.63, 3.8) is 0 Å². The van der Waals surface area contributed by atoms with E-state index in [2.05, 4.69) is 27.7 Å². The molecule has 0 radical (unpaired) electrons. The third-order valence-electron chi connectivity index (χ3n) is 5.37. The quantitative estimate of drug-likeness (QED) is 0.552. The van der Waals surface area contributed by atoms with E-state index in [1.54, 1.807) is 12.3 Å². The van der Waals surface area contributed by atoms with Crippen LogP contribution in [0, 0.1) is 5.82 Å². The fraction of sp³-hybridized carbons (Fsp3) is 0.348. The Hall–Kier alpha value is -2.70. The Morgan fingerprint density at radius 1 is 1.14 bits per heavy atom. The smallest absolute Gasteiger partial charge is 0.257 e. The average Bonchev–Trinajstić information content (AvgIpc) is 3.05. The van der Waals surface area contributed by atoms with Gasteiger partial charge in [0.15, 0.2) is 0 Å². The Bertz CT molecular complexity index is 907. The lowest BCUT2D eigenvalue weighted by atomic mass is 10.1. The summed E-state index contributed by atoms with van der Waals surface area (Å²) >= 11 is 0. The van der Waals surface area contributed by atoms with Crippen LogP contribution in [-0.4, -0.2) is 43.7 Å². The SMILES string of the molecule is O=C1Nc2cc(F)ccc2C1=CNc1cccc(CCCCN2CCOCC2)c1. The summed E-state index contributed by atoms with van der Waals surface area (Å²) in [6.07, 6.45) is 5.04. The van der Waals surface area contributed by atoms with Crippen LogP contribution in [0.1, 0.15) is 24.0 Å². The summed E-state index contributed by atoms with van der Waals surface area (Å²) in [6.45, 7) is 4.90. The van der Waals surface area contributed by atoms with E-state index in [0.717, 1.165) is 51.4 Å². The molecular weight excluding hydrogens is 369 g/mol. The van der Waals surface area contributed by atoms with E-state index in [9.17, 15) is 9.18 Å². The first-order valence-electron chi connectivity index (χ1n) is 10.2. The maximum Gasteiger partial charge on any atom is 0.257 e. The number of hydrogen-bond donors (Lipinski definition) is 2. The zero-order valence-electron chi connectivity index (χ0n) is 16.4. The highest BCUT2D eigenvalue weighted by Crippen LogP contribution is 2.32. The van der Waals surface area contributed by atoms with Gasteiger partial charge in [-0.2, -0.15) is 0 Å². The van der Waals surface area contributed by atoms with Gasteiger partial charge in [0, 0.05) is 30.5 Å². The maximum atomic E-state index is 13.3. The summed E-state index contributed by atoms with van der Waals surface area (Å²) in [5.74, 6) is -0.586. The summed E-state index contributed by atoms with van der Waals surface area (Å²) in [5, 5.41) is 5.91. The lowest BCUT2D eigenvalue weighted by molar-refractivity contribution is -0.110. The highest BCUT2D eigenvalue weighted by atomic mass is 19.1. The van der Waals surface area contributed by atoms with Crippen molar-refractivity contribution in [2.24, 2.45) is 0 Å². The molecule has 152 valence electrons. The molecule has 2 aliphatic heterocycles. The van der Waals surface area contributed by atoms with Crippen LogP contribution in [0.2, 0.25) is 0 Å². The molecule has 0 saturated carbocycles. The molecule has 2 aromatic carbocycles. The summed E-state index contributed by atoms with van der Waals surface area (Å²) in [5.41, 5.74) is 3.94. The lowest BCUT2D eigenvalue weighted by Crippen LogP contribution is -2.36. The van der Waals surface area contributed by atoms with Gasteiger partial charge < -0.3 is 15.4 Å². The van der Waals surface area contributed by atoms with E-state index in [1.807, 2.05) is 12.1 Å². The molecule has 0 aromatic heterocycles. The fourth-order valence-electron chi connectivity index (χ4n) is 3.77. The zero-order chi connectivity index (χ0) is 20.1. The molecule has 0 aliphatic carbocycles. The Balaban J connectivity index is 1.32. The van der Waals surface area contributed by atoms with Crippen LogP contribution >= 0.6 is 0 Å². The largest absolute Gasteiger partial charge is 0.379 e. The number of morpholine rings is 1. The number of fused-ring (bicyclic) bond motifs is 1. The van der Waals surface area contributed by atoms with Crippen LogP contribution in [0.5, 0.6) is 0 Å². The first-order chi connectivity index (χ1) is 14.2. The number of anilines is 2. The molecule has 29 heavy (non-hydrogen) atoms. The van der Waals surface area contributed by atoms with Crippen molar-refractivity contribution in [2.45, 2.75) is 19.3 Å². The second kappa shape index (κ2) is 9.20. The first kappa shape index (κ1) is 19.6. The molecule has 2 aromatic rings. The van der Waals surface area contributed by atoms with E-state index in [1.165, 1.54) is 24.1 Å². The average molecular weight is 395 g/mol. The number of carbonyl (C=O) groups is 1. The van der Waals surface area contributed by atoms with Crippen molar-refractivity contribution >= 4 is 22.9 Å². The van der Waals surface area contributed by atoms with Crippen LogP contribution in [0.15, 0.2) is 48.7 Å². The molecule has 6 heteroatoms. The lowest BCUT2D eigenvalue weighted by Gasteiger charge is -2.26. The van der Waals surface area contributed by atoms with Crippen LogP contribution < -0.4 is 10.6 Å². The van der Waals surface area contributed by atoms with Gasteiger partial charge in [-0.15, -0.1) is 0 Å². The molecule has 0 bridgehead atoms. The Morgan fingerprint density at radius 2 is 2.00 bits per heavy atom. The molecule has 1 fully saturated rings. The molecule has 1 saturated heterocycles. The molecule has 4 rings (SSSR count). The second-order valence-corrected chi connectivity index (χ2v) is 7.46. The fourth-order valence-corrected chi connectivity index (χ4v) is 3.77. The van der Waals surface area contributed by atoms with Gasteiger partial charge in [0.2, 0.25) is 0 Å². The number of carbonyl (C=O) groups excluding carboxylic acids is 1. The Kier molecular flexibility index (Phi) is 6.22. The van der Waals surface area contributed by atoms with E-state index in [0.29, 0.717) is 16.8 Å². The second-order valence-electron chi connectivity index (χ2n) is 7.46. The van der Waals surface area contributed by atoms with Crippen molar-refractivity contribution < 1.29 is 13.9 Å². The van der Waals surface area contributed by atoms with Crippen molar-refractivity contribution in [3.05, 3.63) is 65.6 Å². The Labute approximate surface area is 170 Å².